The van der Waals surface area contributed by atoms with Crippen LogP contribution in [0.5, 0.6) is 23.0 Å². The van der Waals surface area contributed by atoms with Crippen molar-refractivity contribution in [2.75, 3.05) is 39.4 Å². The van der Waals surface area contributed by atoms with Gasteiger partial charge in [0.25, 0.3) is 0 Å². The van der Waals surface area contributed by atoms with E-state index in [1.54, 1.807) is 18.2 Å². The highest BCUT2D eigenvalue weighted by Crippen LogP contribution is 2.53. The summed E-state index contributed by atoms with van der Waals surface area (Å²) >= 11 is 0. The van der Waals surface area contributed by atoms with E-state index < -0.39 is 22.0 Å². The zero-order valence-electron chi connectivity index (χ0n) is 22.0. The highest BCUT2D eigenvalue weighted by molar-refractivity contribution is 7.87. The SMILES string of the molecule is COc1cc2c(OS(=O)(=O)c3ccc(C)cc3)cc3c(c2c(OC)c1OC)C(COC(C)=O)CN3C(C)=O. The van der Waals surface area contributed by atoms with Gasteiger partial charge in [-0.15, -0.1) is 0 Å². The molecule has 1 heterocycles. The third kappa shape index (κ3) is 4.81. The van der Waals surface area contributed by atoms with E-state index in [0.29, 0.717) is 22.0 Å². The molecule has 4 rings (SSSR count). The second-order valence-corrected chi connectivity index (χ2v) is 10.4. The van der Waals surface area contributed by atoms with Crippen molar-refractivity contribution in [3.63, 3.8) is 0 Å². The zero-order valence-corrected chi connectivity index (χ0v) is 22.8. The molecule has 0 aromatic heterocycles. The molecule has 202 valence electrons. The fourth-order valence-corrected chi connectivity index (χ4v) is 5.60. The summed E-state index contributed by atoms with van der Waals surface area (Å²) in [6.07, 6.45) is 0. The van der Waals surface area contributed by atoms with E-state index >= 15 is 0 Å². The lowest BCUT2D eigenvalue weighted by atomic mass is 9.93. The van der Waals surface area contributed by atoms with Crippen molar-refractivity contribution in [2.24, 2.45) is 0 Å². The average molecular weight is 544 g/mol. The Kier molecular flexibility index (Phi) is 7.41. The van der Waals surface area contributed by atoms with Gasteiger partial charge in [-0.3, -0.25) is 9.59 Å². The van der Waals surface area contributed by atoms with Crippen molar-refractivity contribution in [1.82, 2.24) is 0 Å². The molecular formula is C27H29NO9S. The van der Waals surface area contributed by atoms with Gasteiger partial charge in [0, 0.05) is 43.1 Å². The van der Waals surface area contributed by atoms with E-state index in [1.807, 2.05) is 6.92 Å². The van der Waals surface area contributed by atoms with E-state index in [4.69, 9.17) is 23.1 Å². The first-order chi connectivity index (χ1) is 18.0. The molecule has 0 fully saturated rings. The molecule has 1 atom stereocenters. The van der Waals surface area contributed by atoms with Crippen molar-refractivity contribution in [3.8, 4) is 23.0 Å². The molecule has 0 radical (unpaired) electrons. The summed E-state index contributed by atoms with van der Waals surface area (Å²) in [6, 6.07) is 9.36. The molecule has 0 aliphatic carbocycles. The van der Waals surface area contributed by atoms with E-state index in [0.717, 1.165) is 5.56 Å². The molecule has 1 aliphatic heterocycles. The lowest BCUT2D eigenvalue weighted by Crippen LogP contribution is -2.28. The maximum absolute atomic E-state index is 13.3. The standard InChI is InChI=1S/C27H29NO9S/c1-15-7-9-19(10-8-15)38(31,32)37-22-12-21-24(18(14-36-17(3)30)13-28(21)16(2)29)25-20(22)11-23(33-4)26(34-5)27(25)35-6/h7-12,18H,13-14H2,1-6H3. The molecule has 3 aromatic rings. The van der Waals surface area contributed by atoms with Gasteiger partial charge in [0.15, 0.2) is 17.2 Å². The molecule has 11 heteroatoms. The molecule has 1 amide bonds. The van der Waals surface area contributed by atoms with Crippen LogP contribution in [0.1, 0.15) is 30.9 Å². The molecule has 38 heavy (non-hydrogen) atoms. The Hall–Kier alpha value is -3.99. The van der Waals surface area contributed by atoms with Crippen LogP contribution in [0.25, 0.3) is 10.8 Å². The Balaban J connectivity index is 2.05. The smallest absolute Gasteiger partial charge is 0.339 e. The third-order valence-corrected chi connectivity index (χ3v) is 7.64. The first kappa shape index (κ1) is 27.1. The van der Waals surface area contributed by atoms with Crippen LogP contribution in [0.4, 0.5) is 5.69 Å². The molecule has 3 aromatic carbocycles. The summed E-state index contributed by atoms with van der Waals surface area (Å²) in [6.45, 7) is 4.76. The minimum atomic E-state index is -4.25. The molecule has 10 nitrogen and oxygen atoms in total. The van der Waals surface area contributed by atoms with Gasteiger partial charge in [-0.25, -0.2) is 0 Å². The number of nitrogens with zero attached hydrogens (tertiary/aromatic N) is 1. The number of hydrogen-bond acceptors (Lipinski definition) is 9. The Morgan fingerprint density at radius 1 is 0.947 bits per heavy atom. The van der Waals surface area contributed by atoms with Crippen molar-refractivity contribution >= 4 is 38.5 Å². The van der Waals surface area contributed by atoms with Gasteiger partial charge in [0.2, 0.25) is 11.7 Å². The zero-order chi connectivity index (χ0) is 27.8. The molecule has 0 bridgehead atoms. The van der Waals surface area contributed by atoms with Crippen LogP contribution in [0, 0.1) is 6.92 Å². The second kappa shape index (κ2) is 10.4. The molecule has 1 aliphatic rings. The number of benzene rings is 3. The number of amides is 1. The molecule has 0 N–H and O–H groups in total. The normalized spacial score (nSPS) is 14.7. The lowest BCUT2D eigenvalue weighted by Gasteiger charge is -2.21. The Labute approximate surface area is 221 Å². The van der Waals surface area contributed by atoms with E-state index in [-0.39, 0.29) is 47.0 Å². The number of carbonyl (C=O) groups excluding carboxylic acids is 2. The fraction of sp³-hybridized carbons (Fsp3) is 0.333. The highest BCUT2D eigenvalue weighted by Gasteiger charge is 2.37. The predicted octanol–water partition coefficient (Wildman–Crippen LogP) is 3.95. The average Bonchev–Trinajstić information content (AvgIpc) is 3.24. The number of fused-ring (bicyclic) bond motifs is 3. The summed E-state index contributed by atoms with van der Waals surface area (Å²) < 4.78 is 54.4. The van der Waals surface area contributed by atoms with Gasteiger partial charge < -0.3 is 28.0 Å². The quantitative estimate of drug-likeness (QED) is 0.307. The van der Waals surface area contributed by atoms with Crippen molar-refractivity contribution in [2.45, 2.75) is 31.6 Å². The summed E-state index contributed by atoms with van der Waals surface area (Å²) in [5, 5.41) is 0.810. The lowest BCUT2D eigenvalue weighted by molar-refractivity contribution is -0.141. The van der Waals surface area contributed by atoms with Gasteiger partial charge in [0.1, 0.15) is 4.90 Å². The molecule has 0 spiro atoms. The number of rotatable bonds is 8. The Bertz CT molecular complexity index is 1510. The number of aryl methyl sites for hydroxylation is 1. The monoisotopic (exact) mass is 543 g/mol. The van der Waals surface area contributed by atoms with Crippen LogP contribution in [-0.2, 0) is 24.4 Å². The third-order valence-electron chi connectivity index (χ3n) is 6.39. The van der Waals surface area contributed by atoms with Crippen molar-refractivity contribution < 1.29 is 41.1 Å². The first-order valence-corrected chi connectivity index (χ1v) is 13.1. The maximum atomic E-state index is 13.3. The number of anilines is 1. The minimum absolute atomic E-state index is 0.000577. The minimum Gasteiger partial charge on any atom is -0.493 e. The van der Waals surface area contributed by atoms with Gasteiger partial charge >= 0.3 is 16.1 Å². The molecular weight excluding hydrogens is 514 g/mol. The van der Waals surface area contributed by atoms with Gasteiger partial charge in [0.05, 0.1) is 33.6 Å². The summed E-state index contributed by atoms with van der Waals surface area (Å²) in [7, 11) is 0.0875. The van der Waals surface area contributed by atoms with Crippen LogP contribution >= 0.6 is 0 Å². The summed E-state index contributed by atoms with van der Waals surface area (Å²) in [5.41, 5.74) is 1.94. The number of hydrogen-bond donors (Lipinski definition) is 0. The molecule has 0 saturated heterocycles. The van der Waals surface area contributed by atoms with Crippen molar-refractivity contribution in [3.05, 3.63) is 47.5 Å². The maximum Gasteiger partial charge on any atom is 0.339 e. The molecule has 0 saturated carbocycles. The van der Waals surface area contributed by atoms with E-state index in [2.05, 4.69) is 0 Å². The van der Waals surface area contributed by atoms with Gasteiger partial charge in [-0.05, 0) is 30.7 Å². The van der Waals surface area contributed by atoms with Crippen LogP contribution < -0.4 is 23.3 Å². The van der Waals surface area contributed by atoms with Crippen LogP contribution in [0.15, 0.2) is 41.3 Å². The van der Waals surface area contributed by atoms with Gasteiger partial charge in [-0.2, -0.15) is 8.42 Å². The highest BCUT2D eigenvalue weighted by atomic mass is 32.2. The number of carbonyl (C=O) groups is 2. The fourth-order valence-electron chi connectivity index (χ4n) is 4.66. The van der Waals surface area contributed by atoms with Crippen LogP contribution in [-0.4, -0.2) is 54.8 Å². The summed E-state index contributed by atoms with van der Waals surface area (Å²) in [5.74, 6) is -0.374. The Morgan fingerprint density at radius 2 is 1.61 bits per heavy atom. The summed E-state index contributed by atoms with van der Waals surface area (Å²) in [4.78, 5) is 25.7. The topological polar surface area (TPSA) is 118 Å². The van der Waals surface area contributed by atoms with Crippen molar-refractivity contribution in [1.29, 1.82) is 0 Å². The second-order valence-electron chi connectivity index (χ2n) is 8.86. The van der Waals surface area contributed by atoms with Gasteiger partial charge in [-0.1, -0.05) is 17.7 Å². The number of ether oxygens (including phenoxy) is 4. The van der Waals surface area contributed by atoms with Crippen LogP contribution in [0.2, 0.25) is 0 Å². The van der Waals surface area contributed by atoms with Crippen LogP contribution in [0.3, 0.4) is 0 Å². The number of methoxy groups -OCH3 is 3. The van der Waals surface area contributed by atoms with E-state index in [1.165, 1.54) is 58.3 Å². The first-order valence-electron chi connectivity index (χ1n) is 11.7. The number of esters is 1. The van der Waals surface area contributed by atoms with E-state index in [9.17, 15) is 18.0 Å². The largest absolute Gasteiger partial charge is 0.493 e. The Morgan fingerprint density at radius 3 is 2.16 bits per heavy atom. The molecule has 1 unspecified atom stereocenters. The predicted molar refractivity (Wildman–Crippen MR) is 140 cm³/mol.